The zero-order valence-corrected chi connectivity index (χ0v) is 14.5. The molecule has 0 saturated heterocycles. The summed E-state index contributed by atoms with van der Waals surface area (Å²) >= 11 is 0. The van der Waals surface area contributed by atoms with Gasteiger partial charge in [-0.3, -0.25) is 0 Å². The number of aliphatic hydroxyl groups is 3. The topological polar surface area (TPSA) is 91.4 Å². The Morgan fingerprint density at radius 2 is 1.89 bits per heavy atom. The predicted molar refractivity (Wildman–Crippen MR) is 92.7 cm³/mol. The molecule has 4 rings (SSSR count). The van der Waals surface area contributed by atoms with E-state index >= 15 is 0 Å². The highest BCUT2D eigenvalue weighted by atomic mass is 19.2. The maximum Gasteiger partial charge on any atom is 0.159 e. The Bertz CT molecular complexity index is 993. The number of halogens is 2. The number of aromatic nitrogens is 3. The number of nitrogens with zero attached hydrogens (tertiary/aromatic N) is 3. The van der Waals surface area contributed by atoms with Crippen LogP contribution in [-0.2, 0) is 0 Å². The minimum atomic E-state index is -1.24. The van der Waals surface area contributed by atoms with Crippen molar-refractivity contribution in [2.24, 2.45) is 5.92 Å². The van der Waals surface area contributed by atoms with Gasteiger partial charge in [0.15, 0.2) is 11.6 Å². The summed E-state index contributed by atoms with van der Waals surface area (Å²) in [4.78, 5) is 8.40. The van der Waals surface area contributed by atoms with Crippen molar-refractivity contribution in [2.45, 2.75) is 37.7 Å². The third kappa shape index (κ3) is 2.90. The normalized spacial score (nSPS) is 26.6. The number of aryl methyl sites for hydroxylation is 1. The van der Waals surface area contributed by atoms with Gasteiger partial charge in [0.05, 0.1) is 23.9 Å². The van der Waals surface area contributed by atoms with Crippen LogP contribution in [0.1, 0.15) is 29.8 Å². The first-order valence-corrected chi connectivity index (χ1v) is 8.65. The highest BCUT2D eigenvalue weighted by molar-refractivity contribution is 5.78. The number of hydrogen-bond donors (Lipinski definition) is 3. The molecule has 0 bridgehead atoms. The molecule has 6 nitrogen and oxygen atoms in total. The lowest BCUT2D eigenvalue weighted by atomic mass is 9.92. The Balaban J connectivity index is 1.66. The maximum absolute atomic E-state index is 13.5. The molecule has 3 aromatic rings. The molecule has 1 saturated carbocycles. The van der Waals surface area contributed by atoms with Crippen LogP contribution in [0.5, 0.6) is 0 Å². The number of fused-ring (bicyclic) bond motifs is 1. The summed E-state index contributed by atoms with van der Waals surface area (Å²) in [5.41, 5.74) is 1.58. The Morgan fingerprint density at radius 3 is 2.63 bits per heavy atom. The summed E-state index contributed by atoms with van der Waals surface area (Å²) in [7, 11) is 0. The SMILES string of the molecule is Cc1ncnc2c1ccn2C1CC([C@@H](O)c2ccc(F)c(F)c2)[C@@H](O)[C@H]1O. The lowest BCUT2D eigenvalue weighted by molar-refractivity contribution is -0.0265. The van der Waals surface area contributed by atoms with Crippen molar-refractivity contribution in [3.05, 3.63) is 59.7 Å². The van der Waals surface area contributed by atoms with Crippen molar-refractivity contribution in [1.29, 1.82) is 0 Å². The lowest BCUT2D eigenvalue weighted by Gasteiger charge is -2.22. The monoisotopic (exact) mass is 375 g/mol. The maximum atomic E-state index is 13.5. The van der Waals surface area contributed by atoms with Gasteiger partial charge < -0.3 is 19.9 Å². The fourth-order valence-corrected chi connectivity index (χ4v) is 3.94. The largest absolute Gasteiger partial charge is 0.390 e. The summed E-state index contributed by atoms with van der Waals surface area (Å²) in [6.07, 6.45) is -0.166. The minimum Gasteiger partial charge on any atom is -0.390 e. The molecule has 0 radical (unpaired) electrons. The average molecular weight is 375 g/mol. The second-order valence-corrected chi connectivity index (χ2v) is 6.99. The van der Waals surface area contributed by atoms with E-state index in [0.29, 0.717) is 5.65 Å². The molecule has 0 spiro atoms. The number of aliphatic hydroxyl groups excluding tert-OH is 3. The van der Waals surface area contributed by atoms with E-state index in [1.165, 1.54) is 12.4 Å². The third-order valence-corrected chi connectivity index (χ3v) is 5.45. The molecule has 2 unspecified atom stereocenters. The third-order valence-electron chi connectivity index (χ3n) is 5.45. The van der Waals surface area contributed by atoms with Gasteiger partial charge in [0.1, 0.15) is 18.1 Å². The van der Waals surface area contributed by atoms with Crippen molar-refractivity contribution in [1.82, 2.24) is 14.5 Å². The number of benzene rings is 1. The van der Waals surface area contributed by atoms with E-state index in [1.807, 2.05) is 13.0 Å². The van der Waals surface area contributed by atoms with E-state index in [2.05, 4.69) is 9.97 Å². The zero-order valence-electron chi connectivity index (χ0n) is 14.5. The number of rotatable bonds is 3. The van der Waals surface area contributed by atoms with Crippen LogP contribution in [0.4, 0.5) is 8.78 Å². The van der Waals surface area contributed by atoms with Crippen molar-refractivity contribution >= 4 is 11.0 Å². The highest BCUT2D eigenvalue weighted by Crippen LogP contribution is 2.43. The predicted octanol–water partition coefficient (Wildman–Crippen LogP) is 2.03. The second-order valence-electron chi connectivity index (χ2n) is 6.99. The molecule has 2 aromatic heterocycles. The average Bonchev–Trinajstić information content (AvgIpc) is 3.20. The van der Waals surface area contributed by atoms with Gasteiger partial charge in [-0.2, -0.15) is 0 Å². The molecule has 5 atom stereocenters. The molecule has 0 amide bonds. The molecule has 3 N–H and O–H groups in total. The van der Waals surface area contributed by atoms with Crippen molar-refractivity contribution < 1.29 is 24.1 Å². The van der Waals surface area contributed by atoms with Crippen molar-refractivity contribution in [2.75, 3.05) is 0 Å². The molecular weight excluding hydrogens is 356 g/mol. The first kappa shape index (κ1) is 18.0. The van der Waals surface area contributed by atoms with Crippen molar-refractivity contribution in [3.63, 3.8) is 0 Å². The van der Waals surface area contributed by atoms with E-state index in [0.717, 1.165) is 23.2 Å². The lowest BCUT2D eigenvalue weighted by Crippen LogP contribution is -2.31. The minimum absolute atomic E-state index is 0.154. The summed E-state index contributed by atoms with van der Waals surface area (Å²) in [6, 6.07) is 4.44. The molecule has 1 aliphatic rings. The molecule has 1 aliphatic carbocycles. The van der Waals surface area contributed by atoms with Gasteiger partial charge in [0.2, 0.25) is 0 Å². The fraction of sp³-hybridized carbons (Fsp3) is 0.368. The van der Waals surface area contributed by atoms with E-state index in [9.17, 15) is 24.1 Å². The Kier molecular flexibility index (Phi) is 4.41. The van der Waals surface area contributed by atoms with Crippen LogP contribution in [0, 0.1) is 24.5 Å². The van der Waals surface area contributed by atoms with Crippen LogP contribution in [0.25, 0.3) is 11.0 Å². The Hall–Kier alpha value is -2.42. The number of hydrogen-bond acceptors (Lipinski definition) is 5. The Labute approximate surface area is 153 Å². The van der Waals surface area contributed by atoms with Crippen molar-refractivity contribution in [3.8, 4) is 0 Å². The van der Waals surface area contributed by atoms with Gasteiger partial charge in [-0.15, -0.1) is 0 Å². The van der Waals surface area contributed by atoms with Crippen LogP contribution in [0.2, 0.25) is 0 Å². The van der Waals surface area contributed by atoms with E-state index in [1.54, 1.807) is 10.8 Å². The molecule has 142 valence electrons. The van der Waals surface area contributed by atoms with Gasteiger partial charge in [0.25, 0.3) is 0 Å². The first-order valence-electron chi connectivity index (χ1n) is 8.65. The molecule has 2 heterocycles. The molecule has 8 heteroatoms. The molecule has 0 aliphatic heterocycles. The van der Waals surface area contributed by atoms with Gasteiger partial charge in [-0.25, -0.2) is 18.7 Å². The zero-order chi connectivity index (χ0) is 19.3. The highest BCUT2D eigenvalue weighted by Gasteiger charge is 2.46. The van der Waals surface area contributed by atoms with Gasteiger partial charge >= 0.3 is 0 Å². The van der Waals surface area contributed by atoms with E-state index in [4.69, 9.17) is 0 Å². The summed E-state index contributed by atoms with van der Waals surface area (Å²) < 4.78 is 28.4. The van der Waals surface area contributed by atoms with E-state index < -0.39 is 41.9 Å². The smallest absolute Gasteiger partial charge is 0.159 e. The first-order chi connectivity index (χ1) is 12.9. The van der Waals surface area contributed by atoms with Gasteiger partial charge in [-0.05, 0) is 37.1 Å². The fourth-order valence-electron chi connectivity index (χ4n) is 3.94. The molecule has 1 aromatic carbocycles. The van der Waals surface area contributed by atoms with Crippen LogP contribution in [0.3, 0.4) is 0 Å². The molecular formula is C19H19F2N3O3. The van der Waals surface area contributed by atoms with Gasteiger partial charge in [0, 0.05) is 17.5 Å². The summed E-state index contributed by atoms with van der Waals surface area (Å²) in [5.74, 6) is -2.82. The second kappa shape index (κ2) is 6.63. The summed E-state index contributed by atoms with van der Waals surface area (Å²) in [6.45, 7) is 1.85. The van der Waals surface area contributed by atoms with Gasteiger partial charge in [-0.1, -0.05) is 6.07 Å². The Morgan fingerprint density at radius 1 is 1.11 bits per heavy atom. The van der Waals surface area contributed by atoms with Crippen LogP contribution >= 0.6 is 0 Å². The quantitative estimate of drug-likeness (QED) is 0.652. The standard InChI is InChI=1S/C19H19F2N3O3/c1-9-11-4-5-24(19(11)23-8-22-9)15-7-12(17(26)18(15)27)16(25)10-2-3-13(20)14(21)6-10/h2-6,8,12,15-18,25-27H,7H2,1H3/t12?,15?,16-,17+,18-/m0/s1. The molecule has 27 heavy (non-hydrogen) atoms. The van der Waals surface area contributed by atoms with Crippen LogP contribution in [0.15, 0.2) is 36.8 Å². The van der Waals surface area contributed by atoms with Crippen LogP contribution < -0.4 is 0 Å². The molecule has 1 fully saturated rings. The summed E-state index contributed by atoms with van der Waals surface area (Å²) in [5, 5.41) is 32.5. The van der Waals surface area contributed by atoms with Crippen LogP contribution in [-0.4, -0.2) is 42.1 Å². The van der Waals surface area contributed by atoms with E-state index in [-0.39, 0.29) is 12.0 Å².